The van der Waals surface area contributed by atoms with E-state index in [0.29, 0.717) is 11.1 Å². The summed E-state index contributed by atoms with van der Waals surface area (Å²) in [5, 5.41) is 4.22. The molecule has 0 saturated heterocycles. The summed E-state index contributed by atoms with van der Waals surface area (Å²) in [4.78, 5) is 0.877. The molecule has 0 bridgehead atoms. The van der Waals surface area contributed by atoms with E-state index in [2.05, 4.69) is 19.2 Å². The zero-order valence-corrected chi connectivity index (χ0v) is 12.6. The van der Waals surface area contributed by atoms with Gasteiger partial charge in [0.1, 0.15) is 0 Å². The van der Waals surface area contributed by atoms with Gasteiger partial charge in [-0.1, -0.05) is 25.4 Å². The van der Waals surface area contributed by atoms with Crippen LogP contribution in [0.4, 0.5) is 0 Å². The first-order valence-corrected chi connectivity index (χ1v) is 7.88. The molecule has 1 fully saturated rings. The third kappa shape index (κ3) is 2.63. The van der Waals surface area contributed by atoms with Crippen LogP contribution >= 0.6 is 11.6 Å². The Balaban J connectivity index is 2.22. The van der Waals surface area contributed by atoms with E-state index in [-0.39, 0.29) is 10.7 Å². The van der Waals surface area contributed by atoms with Crippen LogP contribution < -0.4 is 5.32 Å². The maximum atomic E-state index is 12.6. The fourth-order valence-electron chi connectivity index (χ4n) is 2.89. The van der Waals surface area contributed by atoms with Crippen molar-refractivity contribution in [2.45, 2.75) is 42.9 Å². The van der Waals surface area contributed by atoms with E-state index >= 15 is 0 Å². The van der Waals surface area contributed by atoms with Crippen molar-refractivity contribution in [3.63, 3.8) is 0 Å². The zero-order valence-electron chi connectivity index (χ0n) is 11.1. The van der Waals surface area contributed by atoms with Crippen molar-refractivity contribution >= 4 is 22.4 Å². The Morgan fingerprint density at radius 3 is 2.50 bits per heavy atom. The van der Waals surface area contributed by atoms with Crippen molar-refractivity contribution in [3.05, 3.63) is 29.3 Å². The maximum absolute atomic E-state index is 12.6. The maximum Gasteiger partial charge on any atom is 0.0576 e. The number of hydrogen-bond donors (Lipinski definition) is 1. The lowest BCUT2D eigenvalue weighted by atomic mass is 9.87. The van der Waals surface area contributed by atoms with E-state index in [1.54, 1.807) is 0 Å². The van der Waals surface area contributed by atoms with Crippen molar-refractivity contribution in [1.82, 2.24) is 5.32 Å². The van der Waals surface area contributed by atoms with Crippen LogP contribution in [0, 0.1) is 5.41 Å². The van der Waals surface area contributed by atoms with Gasteiger partial charge in [0, 0.05) is 16.0 Å². The van der Waals surface area contributed by atoms with Crippen molar-refractivity contribution in [2.75, 3.05) is 7.05 Å². The topological polar surface area (TPSA) is 29.1 Å². The van der Waals surface area contributed by atoms with Crippen LogP contribution in [0.3, 0.4) is 0 Å². The molecule has 1 N–H and O–H groups in total. The second-order valence-electron chi connectivity index (χ2n) is 5.58. The Kier molecular flexibility index (Phi) is 4.15. The first kappa shape index (κ1) is 14.0. The molecule has 2 rings (SSSR count). The van der Waals surface area contributed by atoms with Gasteiger partial charge in [-0.05, 0) is 49.6 Å². The second kappa shape index (κ2) is 5.32. The molecule has 4 heteroatoms. The van der Waals surface area contributed by atoms with E-state index in [1.807, 2.05) is 31.3 Å². The van der Waals surface area contributed by atoms with Gasteiger partial charge < -0.3 is 5.32 Å². The molecule has 1 aromatic carbocycles. The zero-order chi connectivity index (χ0) is 13.3. The molecule has 0 aliphatic heterocycles. The van der Waals surface area contributed by atoms with Crippen LogP contribution in [0.1, 0.15) is 26.7 Å². The summed E-state index contributed by atoms with van der Waals surface area (Å²) >= 11 is 5.87. The average molecular weight is 286 g/mol. The largest absolute Gasteiger partial charge is 0.315 e. The lowest BCUT2D eigenvalue weighted by Gasteiger charge is -2.30. The van der Waals surface area contributed by atoms with Crippen LogP contribution in [-0.4, -0.2) is 22.5 Å². The van der Waals surface area contributed by atoms with E-state index in [1.165, 1.54) is 0 Å². The Morgan fingerprint density at radius 1 is 1.33 bits per heavy atom. The summed E-state index contributed by atoms with van der Waals surface area (Å²) in [6.45, 7) is 4.49. The normalized spacial score (nSPS) is 28.2. The fourth-order valence-corrected chi connectivity index (χ4v) is 4.85. The molecule has 0 heterocycles. The predicted molar refractivity (Wildman–Crippen MR) is 77.5 cm³/mol. The summed E-state index contributed by atoms with van der Waals surface area (Å²) in [6, 6.07) is 7.66. The van der Waals surface area contributed by atoms with Crippen LogP contribution in [0.15, 0.2) is 29.2 Å². The number of benzene rings is 1. The Hall–Kier alpha value is -0.380. The van der Waals surface area contributed by atoms with Gasteiger partial charge >= 0.3 is 0 Å². The SMILES string of the molecule is CNC1C(S(=O)c2ccc(Cl)cc2)CCC1(C)C. The quantitative estimate of drug-likeness (QED) is 0.924. The van der Waals surface area contributed by atoms with Crippen molar-refractivity contribution in [3.8, 4) is 0 Å². The summed E-state index contributed by atoms with van der Waals surface area (Å²) in [6.07, 6.45) is 2.12. The Bertz CT molecular complexity index is 444. The van der Waals surface area contributed by atoms with Crippen LogP contribution in [0.25, 0.3) is 0 Å². The molecule has 0 spiro atoms. The molecular formula is C14H20ClNOS. The predicted octanol–water partition coefficient (Wildman–Crippen LogP) is 3.22. The second-order valence-corrected chi connectivity index (χ2v) is 7.69. The highest BCUT2D eigenvalue weighted by atomic mass is 35.5. The Labute approximate surface area is 117 Å². The monoisotopic (exact) mass is 285 g/mol. The number of hydrogen-bond acceptors (Lipinski definition) is 2. The van der Waals surface area contributed by atoms with Crippen LogP contribution in [0.2, 0.25) is 5.02 Å². The van der Waals surface area contributed by atoms with Gasteiger partial charge in [-0.2, -0.15) is 0 Å². The molecule has 1 aliphatic carbocycles. The molecule has 0 radical (unpaired) electrons. The third-order valence-corrected chi connectivity index (χ3v) is 5.97. The smallest absolute Gasteiger partial charge is 0.0576 e. The van der Waals surface area contributed by atoms with Gasteiger partial charge in [0.2, 0.25) is 0 Å². The molecule has 1 aliphatic rings. The summed E-state index contributed by atoms with van der Waals surface area (Å²) in [5.74, 6) is 0. The highest BCUT2D eigenvalue weighted by Crippen LogP contribution is 2.40. The van der Waals surface area contributed by atoms with Crippen molar-refractivity contribution in [2.24, 2.45) is 5.41 Å². The number of halogens is 1. The molecule has 18 heavy (non-hydrogen) atoms. The van der Waals surface area contributed by atoms with Gasteiger partial charge in [-0.15, -0.1) is 0 Å². The lowest BCUT2D eigenvalue weighted by molar-refractivity contribution is 0.299. The molecule has 1 saturated carbocycles. The molecule has 3 unspecified atom stereocenters. The standard InChI is InChI=1S/C14H20ClNOS/c1-14(2)9-8-12(13(14)16-3)18(17)11-6-4-10(15)5-7-11/h4-7,12-13,16H,8-9H2,1-3H3. The number of nitrogens with one attached hydrogen (secondary N) is 1. The Morgan fingerprint density at radius 2 is 1.94 bits per heavy atom. The van der Waals surface area contributed by atoms with E-state index in [0.717, 1.165) is 17.7 Å². The molecule has 100 valence electrons. The molecule has 0 amide bonds. The molecule has 2 nitrogen and oxygen atoms in total. The fraction of sp³-hybridized carbons (Fsp3) is 0.571. The van der Waals surface area contributed by atoms with Gasteiger partial charge in [-0.25, -0.2) is 0 Å². The molecule has 0 aromatic heterocycles. The molecular weight excluding hydrogens is 266 g/mol. The lowest BCUT2D eigenvalue weighted by Crippen LogP contribution is -2.44. The van der Waals surface area contributed by atoms with Crippen LogP contribution in [-0.2, 0) is 10.8 Å². The van der Waals surface area contributed by atoms with Gasteiger partial charge in [0.15, 0.2) is 0 Å². The minimum absolute atomic E-state index is 0.186. The third-order valence-electron chi connectivity index (χ3n) is 3.92. The van der Waals surface area contributed by atoms with Crippen LogP contribution in [0.5, 0.6) is 0 Å². The van der Waals surface area contributed by atoms with Crippen molar-refractivity contribution < 1.29 is 4.21 Å². The average Bonchev–Trinajstić information content (AvgIpc) is 2.64. The van der Waals surface area contributed by atoms with Gasteiger partial charge in [0.25, 0.3) is 0 Å². The summed E-state index contributed by atoms with van der Waals surface area (Å²) in [7, 11) is 0.997. The summed E-state index contributed by atoms with van der Waals surface area (Å²) < 4.78 is 12.6. The highest BCUT2D eigenvalue weighted by Gasteiger charge is 2.43. The van der Waals surface area contributed by atoms with E-state index in [9.17, 15) is 4.21 Å². The van der Waals surface area contributed by atoms with E-state index < -0.39 is 10.8 Å². The van der Waals surface area contributed by atoms with Gasteiger partial charge in [0.05, 0.1) is 16.0 Å². The molecule has 3 atom stereocenters. The highest BCUT2D eigenvalue weighted by molar-refractivity contribution is 7.85. The minimum atomic E-state index is -0.965. The summed E-state index contributed by atoms with van der Waals surface area (Å²) in [5.41, 5.74) is 0.210. The first-order chi connectivity index (χ1) is 8.45. The molecule has 1 aromatic rings. The number of rotatable bonds is 3. The van der Waals surface area contributed by atoms with E-state index in [4.69, 9.17) is 11.6 Å². The van der Waals surface area contributed by atoms with Gasteiger partial charge in [-0.3, -0.25) is 4.21 Å². The van der Waals surface area contributed by atoms with Crippen molar-refractivity contribution in [1.29, 1.82) is 0 Å². The minimum Gasteiger partial charge on any atom is -0.315 e. The first-order valence-electron chi connectivity index (χ1n) is 6.29.